The molecule has 1 N–H and O–H groups in total. The lowest BCUT2D eigenvalue weighted by atomic mass is 9.99. The third-order valence-electron chi connectivity index (χ3n) is 5.02. The standard InChI is InChI=1S/C22H27N3O3/c1-16-5-4-12-25(15-16)22(27)18-9-11-23-20(14-18)21(26)24-10-8-17-6-3-7-19(13-17)28-2/h3,6-7,9,11,13-14,16H,4-5,8,10,12,15H2,1-2H3,(H,24,26). The first kappa shape index (κ1) is 19.9. The molecule has 148 valence electrons. The van der Waals surface area contributed by atoms with E-state index in [0.29, 0.717) is 24.4 Å². The van der Waals surface area contributed by atoms with E-state index in [1.165, 1.54) is 6.20 Å². The molecule has 1 aromatic carbocycles. The molecule has 1 aromatic heterocycles. The van der Waals surface area contributed by atoms with Crippen molar-refractivity contribution in [1.82, 2.24) is 15.2 Å². The van der Waals surface area contributed by atoms with Gasteiger partial charge in [0.25, 0.3) is 11.8 Å². The second-order valence-electron chi connectivity index (χ2n) is 7.29. The van der Waals surface area contributed by atoms with Crippen LogP contribution < -0.4 is 10.1 Å². The molecule has 2 amide bonds. The maximum Gasteiger partial charge on any atom is 0.269 e. The molecule has 1 aliphatic heterocycles. The number of nitrogens with one attached hydrogen (secondary N) is 1. The van der Waals surface area contributed by atoms with Gasteiger partial charge < -0.3 is 15.0 Å². The molecule has 0 spiro atoms. The number of methoxy groups -OCH3 is 1. The predicted octanol–water partition coefficient (Wildman–Crippen LogP) is 2.93. The molecule has 2 aromatic rings. The minimum absolute atomic E-state index is 0.0284. The van der Waals surface area contributed by atoms with Crippen molar-refractivity contribution in [3.63, 3.8) is 0 Å². The monoisotopic (exact) mass is 381 g/mol. The van der Waals surface area contributed by atoms with Gasteiger partial charge >= 0.3 is 0 Å². The van der Waals surface area contributed by atoms with Gasteiger partial charge in [-0.15, -0.1) is 0 Å². The van der Waals surface area contributed by atoms with E-state index in [1.54, 1.807) is 19.2 Å². The van der Waals surface area contributed by atoms with Crippen molar-refractivity contribution < 1.29 is 14.3 Å². The first-order valence-electron chi connectivity index (χ1n) is 9.73. The number of aromatic nitrogens is 1. The minimum atomic E-state index is -0.274. The van der Waals surface area contributed by atoms with Gasteiger partial charge in [0.1, 0.15) is 11.4 Å². The number of pyridine rings is 1. The van der Waals surface area contributed by atoms with E-state index in [0.717, 1.165) is 37.2 Å². The Morgan fingerprint density at radius 1 is 1.29 bits per heavy atom. The molecule has 2 heterocycles. The van der Waals surface area contributed by atoms with Gasteiger partial charge in [-0.1, -0.05) is 19.1 Å². The normalized spacial score (nSPS) is 16.5. The van der Waals surface area contributed by atoms with E-state index in [9.17, 15) is 9.59 Å². The summed E-state index contributed by atoms with van der Waals surface area (Å²) >= 11 is 0. The zero-order valence-electron chi connectivity index (χ0n) is 16.5. The number of benzene rings is 1. The highest BCUT2D eigenvalue weighted by Gasteiger charge is 2.22. The SMILES string of the molecule is COc1cccc(CCNC(=O)c2cc(C(=O)N3CCCC(C)C3)ccn2)c1. The van der Waals surface area contributed by atoms with Crippen molar-refractivity contribution in [3.8, 4) is 5.75 Å². The molecular weight excluding hydrogens is 354 g/mol. The van der Waals surface area contributed by atoms with Crippen molar-refractivity contribution >= 4 is 11.8 Å². The highest BCUT2D eigenvalue weighted by atomic mass is 16.5. The number of carbonyl (C=O) groups is 2. The van der Waals surface area contributed by atoms with E-state index in [4.69, 9.17) is 4.74 Å². The van der Waals surface area contributed by atoms with Crippen LogP contribution in [0.4, 0.5) is 0 Å². The predicted molar refractivity (Wildman–Crippen MR) is 108 cm³/mol. The summed E-state index contributed by atoms with van der Waals surface area (Å²) < 4.78 is 5.21. The van der Waals surface area contributed by atoms with Crippen LogP contribution in [0, 0.1) is 5.92 Å². The van der Waals surface area contributed by atoms with Crippen LogP contribution >= 0.6 is 0 Å². The maximum atomic E-state index is 12.7. The summed E-state index contributed by atoms with van der Waals surface area (Å²) in [5, 5.41) is 2.87. The Kier molecular flexibility index (Phi) is 6.63. The Labute approximate surface area is 165 Å². The van der Waals surface area contributed by atoms with Crippen LogP contribution in [0.5, 0.6) is 5.75 Å². The number of carbonyl (C=O) groups excluding carboxylic acids is 2. The van der Waals surface area contributed by atoms with Crippen molar-refractivity contribution in [2.24, 2.45) is 5.92 Å². The van der Waals surface area contributed by atoms with Gasteiger partial charge in [-0.05, 0) is 55.0 Å². The molecule has 6 heteroatoms. The van der Waals surface area contributed by atoms with Crippen LogP contribution in [0.15, 0.2) is 42.6 Å². The summed E-state index contributed by atoms with van der Waals surface area (Å²) in [6.07, 6.45) is 4.39. The average molecular weight is 381 g/mol. The van der Waals surface area contributed by atoms with E-state index in [-0.39, 0.29) is 17.5 Å². The fourth-order valence-electron chi connectivity index (χ4n) is 3.48. The van der Waals surface area contributed by atoms with Crippen molar-refractivity contribution in [1.29, 1.82) is 0 Å². The Morgan fingerprint density at radius 3 is 2.93 bits per heavy atom. The van der Waals surface area contributed by atoms with Crippen LogP contribution in [-0.4, -0.2) is 48.4 Å². The minimum Gasteiger partial charge on any atom is -0.497 e. The smallest absolute Gasteiger partial charge is 0.269 e. The van der Waals surface area contributed by atoms with Crippen LogP contribution in [0.25, 0.3) is 0 Å². The van der Waals surface area contributed by atoms with E-state index < -0.39 is 0 Å². The van der Waals surface area contributed by atoms with Crippen LogP contribution in [-0.2, 0) is 6.42 Å². The summed E-state index contributed by atoms with van der Waals surface area (Å²) in [4.78, 5) is 31.2. The van der Waals surface area contributed by atoms with Crippen LogP contribution in [0.3, 0.4) is 0 Å². The van der Waals surface area contributed by atoms with E-state index in [1.807, 2.05) is 29.2 Å². The summed E-state index contributed by atoms with van der Waals surface area (Å²) in [5.74, 6) is 1.01. The summed E-state index contributed by atoms with van der Waals surface area (Å²) in [6.45, 7) is 4.18. The molecule has 28 heavy (non-hydrogen) atoms. The largest absolute Gasteiger partial charge is 0.497 e. The molecule has 0 bridgehead atoms. The zero-order valence-corrected chi connectivity index (χ0v) is 16.5. The zero-order chi connectivity index (χ0) is 19.9. The number of rotatable bonds is 6. The Hall–Kier alpha value is -2.89. The first-order chi connectivity index (χ1) is 13.6. The second kappa shape index (κ2) is 9.35. The van der Waals surface area contributed by atoms with Gasteiger partial charge in [0.15, 0.2) is 0 Å². The molecule has 1 fully saturated rings. The number of ether oxygens (including phenoxy) is 1. The molecule has 3 rings (SSSR count). The molecule has 1 aliphatic rings. The Balaban J connectivity index is 1.58. The van der Waals surface area contributed by atoms with Gasteiger partial charge in [0, 0.05) is 31.4 Å². The number of hydrogen-bond acceptors (Lipinski definition) is 4. The molecular formula is C22H27N3O3. The topological polar surface area (TPSA) is 71.5 Å². The van der Waals surface area contributed by atoms with Gasteiger partial charge in [-0.3, -0.25) is 14.6 Å². The Morgan fingerprint density at radius 2 is 2.14 bits per heavy atom. The highest BCUT2D eigenvalue weighted by molar-refractivity contribution is 5.98. The fraction of sp³-hybridized carbons (Fsp3) is 0.409. The molecule has 1 unspecified atom stereocenters. The van der Waals surface area contributed by atoms with Crippen LogP contribution in [0.2, 0.25) is 0 Å². The molecule has 0 saturated carbocycles. The van der Waals surface area contributed by atoms with Gasteiger partial charge in [-0.2, -0.15) is 0 Å². The number of nitrogens with zero attached hydrogens (tertiary/aromatic N) is 2. The molecule has 0 aliphatic carbocycles. The number of piperidine rings is 1. The summed E-state index contributed by atoms with van der Waals surface area (Å²) in [6, 6.07) is 11.0. The van der Waals surface area contributed by atoms with Gasteiger partial charge in [0.2, 0.25) is 0 Å². The van der Waals surface area contributed by atoms with Gasteiger partial charge in [-0.25, -0.2) is 0 Å². The lowest BCUT2D eigenvalue weighted by Gasteiger charge is -2.31. The van der Waals surface area contributed by atoms with E-state index >= 15 is 0 Å². The quantitative estimate of drug-likeness (QED) is 0.835. The lowest BCUT2D eigenvalue weighted by molar-refractivity contribution is 0.0683. The van der Waals surface area contributed by atoms with Crippen LogP contribution in [0.1, 0.15) is 46.2 Å². The summed E-state index contributed by atoms with van der Waals surface area (Å²) in [5.41, 5.74) is 1.86. The lowest BCUT2D eigenvalue weighted by Crippen LogP contribution is -2.39. The van der Waals surface area contributed by atoms with Crippen molar-refractivity contribution in [2.75, 3.05) is 26.7 Å². The molecule has 1 saturated heterocycles. The molecule has 6 nitrogen and oxygen atoms in total. The highest BCUT2D eigenvalue weighted by Crippen LogP contribution is 2.18. The van der Waals surface area contributed by atoms with E-state index in [2.05, 4.69) is 17.2 Å². The number of hydrogen-bond donors (Lipinski definition) is 1. The average Bonchev–Trinajstić information content (AvgIpc) is 2.73. The first-order valence-corrected chi connectivity index (χ1v) is 9.73. The van der Waals surface area contributed by atoms with Crippen molar-refractivity contribution in [2.45, 2.75) is 26.2 Å². The Bertz CT molecular complexity index is 837. The number of likely N-dealkylation sites (tertiary alicyclic amines) is 1. The molecule has 1 atom stereocenters. The number of amides is 2. The third kappa shape index (κ3) is 5.09. The van der Waals surface area contributed by atoms with Crippen molar-refractivity contribution in [3.05, 3.63) is 59.4 Å². The fourth-order valence-corrected chi connectivity index (χ4v) is 3.48. The maximum absolute atomic E-state index is 12.7. The second-order valence-corrected chi connectivity index (χ2v) is 7.29. The molecule has 0 radical (unpaired) electrons. The van der Waals surface area contributed by atoms with Gasteiger partial charge in [0.05, 0.1) is 7.11 Å². The third-order valence-corrected chi connectivity index (χ3v) is 5.02. The summed E-state index contributed by atoms with van der Waals surface area (Å²) in [7, 11) is 1.63.